The van der Waals surface area contributed by atoms with Crippen LogP contribution in [0.25, 0.3) is 0 Å². The van der Waals surface area contributed by atoms with E-state index in [1.165, 1.54) is 0 Å². The lowest BCUT2D eigenvalue weighted by molar-refractivity contribution is -0.149. The van der Waals surface area contributed by atoms with Crippen LogP contribution in [0.5, 0.6) is 11.5 Å². The Morgan fingerprint density at radius 3 is 2.38 bits per heavy atom. The number of benzene rings is 2. The second-order valence-corrected chi connectivity index (χ2v) is 5.39. The van der Waals surface area contributed by atoms with Gasteiger partial charge in [0, 0.05) is 5.02 Å². The summed E-state index contributed by atoms with van der Waals surface area (Å²) in [5, 5.41) is 0.666. The molecule has 24 heavy (non-hydrogen) atoms. The third kappa shape index (κ3) is 5.53. The lowest BCUT2D eigenvalue weighted by Gasteiger charge is -2.13. The van der Waals surface area contributed by atoms with E-state index in [1.807, 2.05) is 24.3 Å². The average Bonchev–Trinajstić information content (AvgIpc) is 2.60. The first kappa shape index (κ1) is 17.7. The lowest BCUT2D eigenvalue weighted by atomic mass is 10.2. The molecule has 0 aliphatic heterocycles. The van der Waals surface area contributed by atoms with Gasteiger partial charge in [-0.1, -0.05) is 29.7 Å². The van der Waals surface area contributed by atoms with Crippen molar-refractivity contribution in [2.75, 3.05) is 6.61 Å². The fraction of sp³-hybridized carbons (Fsp3) is 0.211. The van der Waals surface area contributed by atoms with Crippen LogP contribution in [0.2, 0.25) is 5.02 Å². The third-order valence-corrected chi connectivity index (χ3v) is 3.34. The molecule has 0 saturated heterocycles. The Bertz CT molecular complexity index is 702. The molecule has 0 aromatic heterocycles. The van der Waals surface area contributed by atoms with Crippen molar-refractivity contribution >= 4 is 17.6 Å². The van der Waals surface area contributed by atoms with Crippen LogP contribution in [0, 0.1) is 12.3 Å². The first-order valence-electron chi connectivity index (χ1n) is 7.32. The van der Waals surface area contributed by atoms with Crippen LogP contribution in [0.3, 0.4) is 0 Å². The maximum Gasteiger partial charge on any atom is 0.347 e. The summed E-state index contributed by atoms with van der Waals surface area (Å²) in [6.07, 6.45) is 4.31. The summed E-state index contributed by atoms with van der Waals surface area (Å²) >= 11 is 5.83. The Morgan fingerprint density at radius 2 is 1.75 bits per heavy atom. The van der Waals surface area contributed by atoms with Crippen molar-refractivity contribution in [3.05, 3.63) is 59.1 Å². The van der Waals surface area contributed by atoms with E-state index in [1.54, 1.807) is 31.2 Å². The van der Waals surface area contributed by atoms with Crippen molar-refractivity contribution in [1.29, 1.82) is 0 Å². The third-order valence-electron chi connectivity index (χ3n) is 3.09. The van der Waals surface area contributed by atoms with Crippen molar-refractivity contribution in [2.45, 2.75) is 19.6 Å². The largest absolute Gasteiger partial charge is 0.489 e. The molecule has 0 fully saturated rings. The van der Waals surface area contributed by atoms with Gasteiger partial charge < -0.3 is 14.2 Å². The summed E-state index contributed by atoms with van der Waals surface area (Å²) in [6.45, 7) is 1.96. The van der Waals surface area contributed by atoms with E-state index >= 15 is 0 Å². The summed E-state index contributed by atoms with van der Waals surface area (Å²) in [5.74, 6) is 3.04. The summed E-state index contributed by atoms with van der Waals surface area (Å²) in [4.78, 5) is 11.6. The summed E-state index contributed by atoms with van der Waals surface area (Å²) < 4.78 is 16.0. The van der Waals surface area contributed by atoms with Crippen LogP contribution in [0.4, 0.5) is 0 Å². The van der Waals surface area contributed by atoms with Gasteiger partial charge >= 0.3 is 5.97 Å². The second kappa shape index (κ2) is 8.85. The van der Waals surface area contributed by atoms with E-state index < -0.39 is 12.1 Å². The Balaban J connectivity index is 1.85. The minimum absolute atomic E-state index is 0.0620. The molecule has 2 aromatic rings. The number of carbonyl (C=O) groups is 1. The van der Waals surface area contributed by atoms with E-state index in [0.717, 1.165) is 11.3 Å². The number of ether oxygens (including phenoxy) is 3. The van der Waals surface area contributed by atoms with Crippen molar-refractivity contribution in [2.24, 2.45) is 0 Å². The van der Waals surface area contributed by atoms with Gasteiger partial charge in [-0.3, -0.25) is 0 Å². The molecule has 1 unspecified atom stereocenters. The highest BCUT2D eigenvalue weighted by molar-refractivity contribution is 6.30. The van der Waals surface area contributed by atoms with Crippen LogP contribution in [-0.2, 0) is 16.1 Å². The lowest BCUT2D eigenvalue weighted by Crippen LogP contribution is -2.26. The van der Waals surface area contributed by atoms with Crippen LogP contribution in [-0.4, -0.2) is 18.7 Å². The van der Waals surface area contributed by atoms with Crippen molar-refractivity contribution in [1.82, 2.24) is 0 Å². The number of rotatable bonds is 7. The molecule has 124 valence electrons. The molecule has 1 atom stereocenters. The molecule has 0 aliphatic rings. The number of carbonyl (C=O) groups excluding carboxylic acids is 1. The molecule has 2 rings (SSSR count). The number of halogens is 1. The number of hydrogen-bond donors (Lipinski definition) is 0. The summed E-state index contributed by atoms with van der Waals surface area (Å²) in [5.41, 5.74) is 0.972. The maximum absolute atomic E-state index is 11.6. The maximum atomic E-state index is 11.6. The van der Waals surface area contributed by atoms with Gasteiger partial charge in [0.2, 0.25) is 0 Å². The van der Waals surface area contributed by atoms with Crippen LogP contribution >= 0.6 is 11.6 Å². The van der Waals surface area contributed by atoms with Crippen molar-refractivity contribution in [3.63, 3.8) is 0 Å². The van der Waals surface area contributed by atoms with E-state index in [0.29, 0.717) is 17.4 Å². The molecule has 0 amide bonds. The molecular formula is C19H17ClO4. The average molecular weight is 345 g/mol. The Morgan fingerprint density at radius 1 is 1.12 bits per heavy atom. The van der Waals surface area contributed by atoms with E-state index in [4.69, 9.17) is 32.2 Å². The molecule has 5 heteroatoms. The SMILES string of the molecule is C#CCOC(=O)C(C)Oc1ccc(COc2ccc(Cl)cc2)cc1. The van der Waals surface area contributed by atoms with Crippen LogP contribution in [0.1, 0.15) is 12.5 Å². The second-order valence-electron chi connectivity index (χ2n) is 4.96. The molecule has 0 aliphatic carbocycles. The quantitative estimate of drug-likeness (QED) is 0.565. The highest BCUT2D eigenvalue weighted by Crippen LogP contribution is 2.18. The first-order chi connectivity index (χ1) is 11.6. The van der Waals surface area contributed by atoms with Gasteiger partial charge in [0.15, 0.2) is 12.7 Å². The van der Waals surface area contributed by atoms with Crippen molar-refractivity contribution < 1.29 is 19.0 Å². The first-order valence-corrected chi connectivity index (χ1v) is 7.70. The Kier molecular flexibility index (Phi) is 6.53. The minimum atomic E-state index is -0.727. The van der Waals surface area contributed by atoms with Gasteiger partial charge in [-0.25, -0.2) is 4.79 Å². The van der Waals surface area contributed by atoms with E-state index in [9.17, 15) is 4.79 Å². The highest BCUT2D eigenvalue weighted by Gasteiger charge is 2.15. The van der Waals surface area contributed by atoms with Gasteiger partial charge in [-0.05, 0) is 48.9 Å². The van der Waals surface area contributed by atoms with Crippen LogP contribution < -0.4 is 9.47 Å². The van der Waals surface area contributed by atoms with Crippen molar-refractivity contribution in [3.8, 4) is 23.8 Å². The van der Waals surface area contributed by atoms with Gasteiger partial charge in [0.1, 0.15) is 18.1 Å². The van der Waals surface area contributed by atoms with E-state index in [2.05, 4.69) is 5.92 Å². The molecule has 0 heterocycles. The molecule has 0 radical (unpaired) electrons. The monoisotopic (exact) mass is 344 g/mol. The molecule has 0 bridgehead atoms. The normalized spacial score (nSPS) is 11.2. The fourth-order valence-corrected chi connectivity index (χ4v) is 1.97. The minimum Gasteiger partial charge on any atom is -0.489 e. The molecule has 0 N–H and O–H groups in total. The predicted molar refractivity (Wildman–Crippen MR) is 92.1 cm³/mol. The Labute approximate surface area is 146 Å². The number of esters is 1. The highest BCUT2D eigenvalue weighted by atomic mass is 35.5. The molecule has 4 nitrogen and oxygen atoms in total. The zero-order valence-corrected chi connectivity index (χ0v) is 14.0. The molecule has 0 spiro atoms. The molecular weight excluding hydrogens is 328 g/mol. The zero-order valence-electron chi connectivity index (χ0n) is 13.2. The Hall–Kier alpha value is -2.64. The molecule has 2 aromatic carbocycles. The summed E-state index contributed by atoms with van der Waals surface area (Å²) in [7, 11) is 0. The smallest absolute Gasteiger partial charge is 0.347 e. The predicted octanol–water partition coefficient (Wildman–Crippen LogP) is 3.86. The number of hydrogen-bond acceptors (Lipinski definition) is 4. The standard InChI is InChI=1S/C19H17ClO4/c1-3-12-22-19(21)14(2)24-18-8-4-15(5-9-18)13-23-17-10-6-16(20)7-11-17/h1,4-11,14H,12-13H2,2H3. The summed E-state index contributed by atoms with van der Waals surface area (Å²) in [6, 6.07) is 14.4. The zero-order chi connectivity index (χ0) is 17.4. The van der Waals surface area contributed by atoms with Gasteiger partial charge in [0.25, 0.3) is 0 Å². The van der Waals surface area contributed by atoms with E-state index in [-0.39, 0.29) is 6.61 Å². The van der Waals surface area contributed by atoms with Gasteiger partial charge in [0.05, 0.1) is 0 Å². The fourth-order valence-electron chi connectivity index (χ4n) is 1.84. The van der Waals surface area contributed by atoms with Gasteiger partial charge in [-0.15, -0.1) is 6.42 Å². The molecule has 0 saturated carbocycles. The topological polar surface area (TPSA) is 44.8 Å². The number of terminal acetylenes is 1. The van der Waals surface area contributed by atoms with Crippen LogP contribution in [0.15, 0.2) is 48.5 Å². The van der Waals surface area contributed by atoms with Gasteiger partial charge in [-0.2, -0.15) is 0 Å².